The minimum absolute atomic E-state index is 0.0626. The van der Waals surface area contributed by atoms with Crippen LogP contribution in [0.3, 0.4) is 0 Å². The molecule has 0 radical (unpaired) electrons. The van der Waals surface area contributed by atoms with Gasteiger partial charge in [0.1, 0.15) is 12.4 Å². The van der Waals surface area contributed by atoms with Gasteiger partial charge in [0.05, 0.1) is 42.3 Å². The van der Waals surface area contributed by atoms with E-state index in [1.807, 2.05) is 68.7 Å². The second kappa shape index (κ2) is 16.5. The van der Waals surface area contributed by atoms with E-state index in [1.165, 1.54) is 0 Å². The molecule has 2 heterocycles. The smallest absolute Gasteiger partial charge is 0.253 e. The first-order valence-electron chi connectivity index (χ1n) is 17.2. The Kier molecular flexibility index (Phi) is 11.5. The van der Waals surface area contributed by atoms with Crippen molar-refractivity contribution in [3.05, 3.63) is 107 Å². The number of aromatic nitrogens is 2. The Balaban J connectivity index is 1.06. The number of ketones is 1. The second-order valence-electron chi connectivity index (χ2n) is 13.0. The number of rotatable bonds is 16. The fourth-order valence-corrected chi connectivity index (χ4v) is 6.07. The first kappa shape index (κ1) is 35.4. The molecule has 1 amide bonds. The van der Waals surface area contributed by atoms with Crippen molar-refractivity contribution in [2.75, 3.05) is 60.7 Å². The van der Waals surface area contributed by atoms with E-state index in [4.69, 9.17) is 25.9 Å². The number of H-pyrrole nitrogens is 1. The molecule has 1 aromatic heterocycles. The molecule has 6 rings (SSSR count). The van der Waals surface area contributed by atoms with E-state index in [2.05, 4.69) is 46.1 Å². The second-order valence-corrected chi connectivity index (χ2v) is 13.0. The predicted molar refractivity (Wildman–Crippen MR) is 203 cm³/mol. The third-order valence-corrected chi connectivity index (χ3v) is 8.94. The molecule has 5 aromatic rings. The number of likely N-dealkylation sites (N-methyl/N-ethyl adjacent to an activating group) is 1. The van der Waals surface area contributed by atoms with Gasteiger partial charge in [-0.05, 0) is 85.7 Å². The monoisotopic (exact) mass is 681 g/mol. The Hall–Kier alpha value is -5.40. The number of hydrogen-bond donors (Lipinski definition) is 1. The molecule has 0 bridgehead atoms. The molecule has 0 saturated heterocycles. The number of amides is 1. The zero-order valence-electron chi connectivity index (χ0n) is 29.4. The highest BCUT2D eigenvalue weighted by molar-refractivity contribution is 6.07. The van der Waals surface area contributed by atoms with Gasteiger partial charge in [0.15, 0.2) is 5.78 Å². The molecule has 0 saturated carbocycles. The van der Waals surface area contributed by atoms with Crippen LogP contribution in [0.25, 0.3) is 33.5 Å². The Morgan fingerprint density at radius 1 is 0.804 bits per heavy atom. The van der Waals surface area contributed by atoms with Gasteiger partial charge in [-0.25, -0.2) is 4.98 Å². The van der Waals surface area contributed by atoms with E-state index in [1.54, 1.807) is 11.9 Å². The van der Waals surface area contributed by atoms with Crippen LogP contribution in [0, 0.1) is 12.3 Å². The van der Waals surface area contributed by atoms with Crippen molar-refractivity contribution in [1.82, 2.24) is 19.8 Å². The fourth-order valence-electron chi connectivity index (χ4n) is 6.07. The minimum atomic E-state index is -0.0626. The number of hydrogen-bond acceptors (Lipinski definition) is 7. The average molecular weight is 682 g/mol. The Morgan fingerprint density at radius 3 is 2.25 bits per heavy atom. The van der Waals surface area contributed by atoms with Gasteiger partial charge in [0.25, 0.3) is 5.91 Å². The number of aromatic amines is 1. The number of fused-ring (bicyclic) bond motifs is 2. The van der Waals surface area contributed by atoms with Crippen molar-refractivity contribution in [2.45, 2.75) is 19.3 Å². The molecular formula is C42H43N5O4. The maximum absolute atomic E-state index is 12.9. The first-order chi connectivity index (χ1) is 24.8. The van der Waals surface area contributed by atoms with E-state index < -0.39 is 0 Å². The van der Waals surface area contributed by atoms with E-state index in [0.29, 0.717) is 44.8 Å². The number of carbonyl (C=O) groups is 2. The SMILES string of the molecule is C#CCOCCOCCN(C)C(=O)c1ccc(C2=Nc3ccc(-c4ccc5nc(-c6ccc(C(=O)CCCN(C)C)cc6)[nH]c5c4)cc3C2)cc1. The summed E-state index contributed by atoms with van der Waals surface area (Å²) in [5, 5.41) is 0. The van der Waals surface area contributed by atoms with Gasteiger partial charge in [-0.3, -0.25) is 14.6 Å². The van der Waals surface area contributed by atoms with Crippen LogP contribution in [0.15, 0.2) is 89.9 Å². The zero-order valence-corrected chi connectivity index (χ0v) is 29.4. The van der Waals surface area contributed by atoms with Crippen LogP contribution in [0.5, 0.6) is 0 Å². The maximum atomic E-state index is 12.9. The average Bonchev–Trinajstić information content (AvgIpc) is 3.78. The molecule has 1 aliphatic rings. The molecule has 0 atom stereocenters. The molecule has 0 aliphatic carbocycles. The number of Topliss-reactive ketones (excluding diaryl/α,β-unsaturated/α-hetero) is 1. The molecule has 9 nitrogen and oxygen atoms in total. The lowest BCUT2D eigenvalue weighted by Crippen LogP contribution is -2.30. The first-order valence-corrected chi connectivity index (χ1v) is 17.2. The summed E-state index contributed by atoms with van der Waals surface area (Å²) in [5.74, 6) is 3.29. The van der Waals surface area contributed by atoms with Crippen LogP contribution in [0.1, 0.15) is 44.7 Å². The summed E-state index contributed by atoms with van der Waals surface area (Å²) in [5.41, 5.74) is 10.4. The summed E-state index contributed by atoms with van der Waals surface area (Å²) in [4.78, 5) is 42.5. The molecule has 0 fully saturated rings. The van der Waals surface area contributed by atoms with Crippen LogP contribution in [0.2, 0.25) is 0 Å². The molecule has 0 unspecified atom stereocenters. The molecule has 51 heavy (non-hydrogen) atoms. The Morgan fingerprint density at radius 2 is 1.49 bits per heavy atom. The molecule has 0 spiro atoms. The van der Waals surface area contributed by atoms with Gasteiger partial charge in [-0.2, -0.15) is 0 Å². The number of imidazole rings is 1. The van der Waals surface area contributed by atoms with Crippen molar-refractivity contribution in [3.63, 3.8) is 0 Å². The van der Waals surface area contributed by atoms with Gasteiger partial charge in [0, 0.05) is 43.1 Å². The highest BCUT2D eigenvalue weighted by atomic mass is 16.5. The third kappa shape index (κ3) is 8.86. The van der Waals surface area contributed by atoms with Crippen LogP contribution in [0.4, 0.5) is 5.69 Å². The van der Waals surface area contributed by atoms with Crippen molar-refractivity contribution < 1.29 is 19.1 Å². The van der Waals surface area contributed by atoms with Gasteiger partial charge in [-0.1, -0.05) is 54.5 Å². The maximum Gasteiger partial charge on any atom is 0.253 e. The molecule has 9 heteroatoms. The number of ether oxygens (including phenoxy) is 2. The third-order valence-electron chi connectivity index (χ3n) is 8.94. The summed E-state index contributed by atoms with van der Waals surface area (Å²) in [6.45, 7) is 2.93. The molecule has 1 aliphatic heterocycles. The van der Waals surface area contributed by atoms with E-state index >= 15 is 0 Å². The van der Waals surface area contributed by atoms with Gasteiger partial charge in [-0.15, -0.1) is 6.42 Å². The van der Waals surface area contributed by atoms with Crippen LogP contribution in [-0.4, -0.2) is 97.8 Å². The predicted octanol–water partition coefficient (Wildman–Crippen LogP) is 6.84. The molecule has 4 aromatic carbocycles. The number of aliphatic imine (C=N–C) groups is 1. The Labute approximate surface area is 299 Å². The van der Waals surface area contributed by atoms with Crippen molar-refractivity contribution in [3.8, 4) is 34.9 Å². The molecular weight excluding hydrogens is 638 g/mol. The van der Waals surface area contributed by atoms with E-state index in [9.17, 15) is 9.59 Å². The number of carbonyl (C=O) groups excluding carboxylic acids is 2. The lowest BCUT2D eigenvalue weighted by Gasteiger charge is -2.17. The highest BCUT2D eigenvalue weighted by Crippen LogP contribution is 2.34. The largest absolute Gasteiger partial charge is 0.377 e. The van der Waals surface area contributed by atoms with Crippen molar-refractivity contribution >= 4 is 34.1 Å². The lowest BCUT2D eigenvalue weighted by atomic mass is 9.98. The van der Waals surface area contributed by atoms with E-state index in [0.717, 1.165) is 74.6 Å². The van der Waals surface area contributed by atoms with Gasteiger partial charge < -0.3 is 24.3 Å². The highest BCUT2D eigenvalue weighted by Gasteiger charge is 2.19. The standard InChI is InChI=1S/C42H43N5O4/c1-5-22-50-24-25-51-23-21-47(4)42(49)32-14-8-29(9-15-32)38-28-35-26-33(16-18-36(35)43-38)34-17-19-37-39(27-34)45-41(44-37)31-12-10-30(11-13-31)40(48)7-6-20-46(2)3/h1,8-19,26-27H,6-7,20-25,28H2,2-4H3,(H,44,45). The minimum Gasteiger partial charge on any atom is -0.377 e. The molecule has 1 N–H and O–H groups in total. The van der Waals surface area contributed by atoms with Crippen molar-refractivity contribution in [2.24, 2.45) is 4.99 Å². The number of nitrogens with one attached hydrogen (secondary N) is 1. The molecule has 260 valence electrons. The van der Waals surface area contributed by atoms with Gasteiger partial charge in [0.2, 0.25) is 0 Å². The number of nitrogens with zero attached hydrogens (tertiary/aromatic N) is 4. The quantitative estimate of drug-likeness (QED) is 0.0696. The topological polar surface area (TPSA) is 100 Å². The summed E-state index contributed by atoms with van der Waals surface area (Å²) in [7, 11) is 5.80. The van der Waals surface area contributed by atoms with Crippen LogP contribution in [-0.2, 0) is 15.9 Å². The van der Waals surface area contributed by atoms with Crippen LogP contribution >= 0.6 is 0 Å². The number of terminal acetylenes is 1. The van der Waals surface area contributed by atoms with E-state index in [-0.39, 0.29) is 18.3 Å². The summed E-state index contributed by atoms with van der Waals surface area (Å²) in [6.07, 6.45) is 7.26. The van der Waals surface area contributed by atoms with Gasteiger partial charge >= 0.3 is 0 Å². The van der Waals surface area contributed by atoms with Crippen molar-refractivity contribution in [1.29, 1.82) is 0 Å². The normalized spacial score (nSPS) is 12.2. The lowest BCUT2D eigenvalue weighted by molar-refractivity contribution is 0.0472. The van der Waals surface area contributed by atoms with Crippen LogP contribution < -0.4 is 0 Å². The fraction of sp³-hybridized carbons (Fsp3) is 0.286. The number of benzene rings is 4. The Bertz CT molecular complexity index is 2070. The zero-order chi connectivity index (χ0) is 35.7. The summed E-state index contributed by atoms with van der Waals surface area (Å²) < 4.78 is 10.7. The summed E-state index contributed by atoms with van der Waals surface area (Å²) >= 11 is 0. The summed E-state index contributed by atoms with van der Waals surface area (Å²) in [6, 6.07) is 28.0.